The largest absolute Gasteiger partial charge is 0.382 e. The Bertz CT molecular complexity index is 373. The lowest BCUT2D eigenvalue weighted by Crippen LogP contribution is -2.41. The second kappa shape index (κ2) is 7.93. The highest BCUT2D eigenvalue weighted by molar-refractivity contribution is 5.81. The molecule has 0 aromatic heterocycles. The summed E-state index contributed by atoms with van der Waals surface area (Å²) in [5, 5.41) is 2.83. The zero-order chi connectivity index (χ0) is 16.1. The number of carbonyl (C=O) groups excluding carboxylic acids is 1. The standard InChI is InChI=1S/C14H25NO5/c1-17-9-12-10(4-7-19-12)3-6-15-14(16)13-11(18-2)5-8-20-13/h10-13H,3-9H2,1-2H3,(H,15,16)/t10-,11-,12-,13+/m1/s1/i7T,8T/t7-,8+,10+,11+,12+,13-/m0. The van der Waals surface area contributed by atoms with Crippen LogP contribution in [0.4, 0.5) is 0 Å². The molecule has 2 fully saturated rings. The zero-order valence-corrected chi connectivity index (χ0v) is 12.0. The van der Waals surface area contributed by atoms with Crippen LogP contribution in [0.25, 0.3) is 0 Å². The number of amides is 1. The van der Waals surface area contributed by atoms with Crippen molar-refractivity contribution in [3.05, 3.63) is 0 Å². The lowest BCUT2D eigenvalue weighted by Gasteiger charge is -2.19. The molecule has 0 radical (unpaired) electrons. The van der Waals surface area contributed by atoms with Crippen LogP contribution in [0.2, 0.25) is 0 Å². The van der Waals surface area contributed by atoms with Crippen molar-refractivity contribution < 1.29 is 26.5 Å². The highest BCUT2D eigenvalue weighted by Gasteiger charge is 2.34. The van der Waals surface area contributed by atoms with E-state index in [-0.39, 0.29) is 24.0 Å². The first-order chi connectivity index (χ1) is 10.5. The summed E-state index contributed by atoms with van der Waals surface area (Å²) >= 11 is 0. The Morgan fingerprint density at radius 3 is 2.90 bits per heavy atom. The molecule has 2 aliphatic rings. The van der Waals surface area contributed by atoms with E-state index in [1.54, 1.807) is 7.11 Å². The molecule has 0 bridgehead atoms. The second-order valence-corrected chi connectivity index (χ2v) is 5.11. The summed E-state index contributed by atoms with van der Waals surface area (Å²) in [6.07, 6.45) is 0.614. The fourth-order valence-electron chi connectivity index (χ4n) is 2.61. The van der Waals surface area contributed by atoms with Gasteiger partial charge in [-0.2, -0.15) is 0 Å². The van der Waals surface area contributed by atoms with Gasteiger partial charge in [-0.3, -0.25) is 4.79 Å². The molecule has 6 heteroatoms. The summed E-state index contributed by atoms with van der Waals surface area (Å²) in [4.78, 5) is 12.1. The molecule has 6 atom stereocenters. The van der Waals surface area contributed by atoms with Gasteiger partial charge >= 0.3 is 0 Å². The van der Waals surface area contributed by atoms with Crippen molar-refractivity contribution >= 4 is 5.91 Å². The first kappa shape index (κ1) is 13.0. The van der Waals surface area contributed by atoms with E-state index in [1.807, 2.05) is 0 Å². The predicted octanol–water partition coefficient (Wildman–Crippen LogP) is 0.348. The minimum atomic E-state index is -0.717. The molecule has 6 nitrogen and oxygen atoms in total. The highest BCUT2D eigenvalue weighted by Crippen LogP contribution is 2.24. The van der Waals surface area contributed by atoms with Crippen LogP contribution >= 0.6 is 0 Å². The van der Waals surface area contributed by atoms with Crippen LogP contribution in [0.15, 0.2) is 0 Å². The molecule has 0 aromatic carbocycles. The highest BCUT2D eigenvalue weighted by atomic mass is 16.6. The molecule has 0 saturated carbocycles. The van der Waals surface area contributed by atoms with E-state index in [4.69, 9.17) is 21.7 Å². The average molecular weight is 291 g/mol. The molecule has 2 aliphatic heterocycles. The summed E-state index contributed by atoms with van der Waals surface area (Å²) in [6.45, 7) is -0.273. The molecule has 0 unspecified atom stereocenters. The molecule has 0 aliphatic carbocycles. The molecule has 1 N–H and O–H groups in total. The summed E-state index contributed by atoms with van der Waals surface area (Å²) in [5.41, 5.74) is 0. The maximum absolute atomic E-state index is 12.1. The van der Waals surface area contributed by atoms with Crippen LogP contribution < -0.4 is 5.32 Å². The third kappa shape index (κ3) is 3.91. The molecule has 0 aromatic rings. The SMILES string of the molecule is [3H][C@@H]1C[C@@H](OC)[C@@H](C(=O)NCC[C@@H]2C[C@H]([3H])O[C@@H]2COC)O1. The second-order valence-electron chi connectivity index (χ2n) is 5.11. The fraction of sp³-hybridized carbons (Fsp3) is 0.929. The van der Waals surface area contributed by atoms with Crippen molar-refractivity contribution in [2.75, 3.05) is 40.5 Å². The predicted molar refractivity (Wildman–Crippen MR) is 72.5 cm³/mol. The Labute approximate surface area is 122 Å². The van der Waals surface area contributed by atoms with Gasteiger partial charge in [-0.05, 0) is 18.8 Å². The smallest absolute Gasteiger partial charge is 0.251 e. The molecular weight excluding hydrogens is 262 g/mol. The van der Waals surface area contributed by atoms with Gasteiger partial charge in [0.2, 0.25) is 0 Å². The molecule has 2 saturated heterocycles. The quantitative estimate of drug-likeness (QED) is 0.733. The van der Waals surface area contributed by atoms with Gasteiger partial charge in [-0.1, -0.05) is 0 Å². The maximum Gasteiger partial charge on any atom is 0.251 e. The first-order valence-corrected chi connectivity index (χ1v) is 7.00. The molecule has 2 rings (SSSR count). The normalized spacial score (nSPS) is 42.3. The van der Waals surface area contributed by atoms with Crippen LogP contribution in [-0.4, -0.2) is 64.8 Å². The molecule has 2 heterocycles. The van der Waals surface area contributed by atoms with Gasteiger partial charge in [0.15, 0.2) is 6.10 Å². The summed E-state index contributed by atoms with van der Waals surface area (Å²) < 4.78 is 36.3. The van der Waals surface area contributed by atoms with Gasteiger partial charge in [0.25, 0.3) is 5.91 Å². The van der Waals surface area contributed by atoms with E-state index < -0.39 is 19.3 Å². The van der Waals surface area contributed by atoms with Gasteiger partial charge < -0.3 is 24.3 Å². The van der Waals surface area contributed by atoms with Gasteiger partial charge in [-0.15, -0.1) is 0 Å². The Morgan fingerprint density at radius 2 is 2.15 bits per heavy atom. The average Bonchev–Trinajstić information content (AvgIpc) is 3.02. The number of carbonyl (C=O) groups is 1. The molecule has 116 valence electrons. The van der Waals surface area contributed by atoms with E-state index in [0.29, 0.717) is 26.0 Å². The van der Waals surface area contributed by atoms with Crippen LogP contribution in [-0.2, 0) is 23.7 Å². The van der Waals surface area contributed by atoms with Crippen LogP contribution in [0.3, 0.4) is 0 Å². The van der Waals surface area contributed by atoms with E-state index in [9.17, 15) is 4.79 Å². The number of nitrogens with one attached hydrogen (secondary N) is 1. The Balaban J connectivity index is 1.74. The van der Waals surface area contributed by atoms with Crippen molar-refractivity contribution in [2.24, 2.45) is 5.92 Å². The maximum atomic E-state index is 12.1. The fourth-order valence-corrected chi connectivity index (χ4v) is 2.61. The van der Waals surface area contributed by atoms with Crippen molar-refractivity contribution in [2.45, 2.75) is 37.6 Å². The molecule has 20 heavy (non-hydrogen) atoms. The Morgan fingerprint density at radius 1 is 1.35 bits per heavy atom. The van der Waals surface area contributed by atoms with Gasteiger partial charge in [0.1, 0.15) is 0 Å². The first-order valence-electron chi connectivity index (χ1n) is 8.15. The summed E-state index contributed by atoms with van der Waals surface area (Å²) in [7, 11) is 3.13. The minimum absolute atomic E-state index is 0.0866. The van der Waals surface area contributed by atoms with Gasteiger partial charge in [-0.25, -0.2) is 0 Å². The number of methoxy groups -OCH3 is 2. The monoisotopic (exact) mass is 291 g/mol. The Hall–Kier alpha value is -0.690. The van der Waals surface area contributed by atoms with Crippen LogP contribution in [0.1, 0.15) is 22.0 Å². The number of hydrogen-bond donors (Lipinski definition) is 1. The third-order valence-electron chi connectivity index (χ3n) is 3.81. The molecular formula is C14H25NO5. The zero-order valence-electron chi connectivity index (χ0n) is 14.0. The lowest BCUT2D eigenvalue weighted by molar-refractivity contribution is -0.134. The van der Waals surface area contributed by atoms with Crippen molar-refractivity contribution in [1.82, 2.24) is 5.32 Å². The number of hydrogen-bond acceptors (Lipinski definition) is 5. The topological polar surface area (TPSA) is 66.0 Å². The third-order valence-corrected chi connectivity index (χ3v) is 3.81. The van der Waals surface area contributed by atoms with E-state index >= 15 is 0 Å². The Kier molecular flexibility index (Phi) is 5.15. The van der Waals surface area contributed by atoms with E-state index in [0.717, 1.165) is 6.42 Å². The number of ether oxygens (including phenoxy) is 4. The van der Waals surface area contributed by atoms with Crippen molar-refractivity contribution in [3.8, 4) is 0 Å². The lowest BCUT2D eigenvalue weighted by atomic mass is 9.98. The van der Waals surface area contributed by atoms with E-state index in [2.05, 4.69) is 5.32 Å². The molecule has 1 amide bonds. The summed E-state index contributed by atoms with van der Waals surface area (Å²) in [6, 6.07) is 0. The molecule has 0 spiro atoms. The van der Waals surface area contributed by atoms with Gasteiger partial charge in [0.05, 0.1) is 28.1 Å². The van der Waals surface area contributed by atoms with Crippen LogP contribution in [0, 0.1) is 5.92 Å². The van der Waals surface area contributed by atoms with Crippen molar-refractivity contribution in [1.29, 1.82) is 0 Å². The van der Waals surface area contributed by atoms with E-state index in [1.165, 1.54) is 7.11 Å². The van der Waals surface area contributed by atoms with Crippen molar-refractivity contribution in [3.63, 3.8) is 0 Å². The summed E-state index contributed by atoms with van der Waals surface area (Å²) in [5.74, 6) is -0.0411. The van der Waals surface area contributed by atoms with Gasteiger partial charge in [0, 0.05) is 33.8 Å². The van der Waals surface area contributed by atoms with Crippen LogP contribution in [0.5, 0.6) is 0 Å². The minimum Gasteiger partial charge on any atom is -0.382 e. The number of rotatable bonds is 7.